The van der Waals surface area contributed by atoms with Gasteiger partial charge in [-0.05, 0) is 37.3 Å². The zero-order valence-corrected chi connectivity index (χ0v) is 11.0. The molecule has 3 heteroatoms. The average molecular weight is 250 g/mol. The Bertz CT molecular complexity index is 384. The summed E-state index contributed by atoms with van der Waals surface area (Å²) in [5, 5.41) is 0. The van der Waals surface area contributed by atoms with Gasteiger partial charge in [-0.15, -0.1) is 0 Å². The summed E-state index contributed by atoms with van der Waals surface area (Å²) in [6.45, 7) is 1.62. The van der Waals surface area contributed by atoms with Crippen LogP contribution in [-0.4, -0.2) is 23.4 Å². The molecule has 92 valence electrons. The maximum atomic E-state index is 11.2. The molecular weight excluding hydrogens is 232 g/mol. The molecule has 2 nitrogen and oxygen atoms in total. The molecular formula is C14H18O2S. The summed E-state index contributed by atoms with van der Waals surface area (Å²) >= 11 is 1.99. The number of rotatable bonds is 4. The number of ketones is 1. The third-order valence-electron chi connectivity index (χ3n) is 2.87. The fourth-order valence-corrected chi connectivity index (χ4v) is 3.07. The van der Waals surface area contributed by atoms with Crippen molar-refractivity contribution in [3.8, 4) is 5.75 Å². The Labute approximate surface area is 107 Å². The van der Waals surface area contributed by atoms with E-state index in [4.69, 9.17) is 4.74 Å². The lowest BCUT2D eigenvalue weighted by Gasteiger charge is -2.24. The lowest BCUT2D eigenvalue weighted by molar-refractivity contribution is -0.116. The Morgan fingerprint density at radius 2 is 2.06 bits per heavy atom. The smallest absolute Gasteiger partial charge is 0.134 e. The summed E-state index contributed by atoms with van der Waals surface area (Å²) < 4.78 is 6.02. The largest absolute Gasteiger partial charge is 0.490 e. The molecule has 0 aromatic heterocycles. The minimum absolute atomic E-state index is 0.181. The average Bonchev–Trinajstić information content (AvgIpc) is 2.32. The van der Waals surface area contributed by atoms with Crippen LogP contribution in [0.4, 0.5) is 0 Å². The molecule has 0 N–H and O–H groups in total. The predicted molar refractivity (Wildman–Crippen MR) is 71.8 cm³/mol. The van der Waals surface area contributed by atoms with Crippen LogP contribution in [0.25, 0.3) is 0 Å². The first-order valence-corrected chi connectivity index (χ1v) is 7.23. The number of benzene rings is 1. The van der Waals surface area contributed by atoms with Crippen molar-refractivity contribution in [1.82, 2.24) is 0 Å². The summed E-state index contributed by atoms with van der Waals surface area (Å²) in [6.07, 6.45) is 3.01. The molecule has 1 saturated heterocycles. The Morgan fingerprint density at radius 3 is 2.76 bits per heavy atom. The van der Waals surface area contributed by atoms with Gasteiger partial charge in [-0.1, -0.05) is 18.2 Å². The summed E-state index contributed by atoms with van der Waals surface area (Å²) in [5.41, 5.74) is 1.01. The lowest BCUT2D eigenvalue weighted by Crippen LogP contribution is -2.22. The second-order valence-corrected chi connectivity index (χ2v) is 5.64. The van der Waals surface area contributed by atoms with E-state index in [-0.39, 0.29) is 5.78 Å². The molecule has 0 saturated carbocycles. The highest BCUT2D eigenvalue weighted by Gasteiger charge is 2.16. The van der Waals surface area contributed by atoms with Crippen molar-refractivity contribution >= 4 is 17.5 Å². The number of para-hydroxylation sites is 1. The molecule has 0 atom stereocenters. The van der Waals surface area contributed by atoms with E-state index in [1.165, 1.54) is 11.5 Å². The predicted octanol–water partition coefficient (Wildman–Crippen LogP) is 3.09. The van der Waals surface area contributed by atoms with E-state index in [0.29, 0.717) is 12.5 Å². The molecule has 1 aromatic rings. The maximum Gasteiger partial charge on any atom is 0.134 e. The van der Waals surface area contributed by atoms with Crippen LogP contribution in [0.15, 0.2) is 24.3 Å². The molecule has 0 amide bonds. The molecule has 1 aliphatic rings. The number of thioether (sulfide) groups is 1. The van der Waals surface area contributed by atoms with E-state index in [0.717, 1.165) is 24.2 Å². The summed E-state index contributed by atoms with van der Waals surface area (Å²) in [7, 11) is 0. The van der Waals surface area contributed by atoms with Crippen molar-refractivity contribution < 1.29 is 9.53 Å². The normalized spacial score (nSPS) is 16.8. The standard InChI is InChI=1S/C14H18O2S/c1-11(15)10-12-4-2-3-5-14(12)16-13-6-8-17-9-7-13/h2-5,13H,6-10H2,1H3. The number of hydrogen-bond donors (Lipinski definition) is 0. The fourth-order valence-electron chi connectivity index (χ4n) is 2.01. The number of ether oxygens (including phenoxy) is 1. The first-order valence-electron chi connectivity index (χ1n) is 6.07. The van der Waals surface area contributed by atoms with Gasteiger partial charge >= 0.3 is 0 Å². The number of Topliss-reactive ketones (excluding diaryl/α,β-unsaturated/α-hetero) is 1. The summed E-state index contributed by atoms with van der Waals surface area (Å²) in [5.74, 6) is 3.43. The quantitative estimate of drug-likeness (QED) is 0.821. The Hall–Kier alpha value is -0.960. The highest BCUT2D eigenvalue weighted by atomic mass is 32.2. The molecule has 1 fully saturated rings. The van der Waals surface area contributed by atoms with Gasteiger partial charge < -0.3 is 4.74 Å². The van der Waals surface area contributed by atoms with Crippen LogP contribution in [0.1, 0.15) is 25.3 Å². The van der Waals surface area contributed by atoms with E-state index in [1.807, 2.05) is 36.0 Å². The maximum absolute atomic E-state index is 11.2. The van der Waals surface area contributed by atoms with Gasteiger partial charge in [0, 0.05) is 12.0 Å². The Morgan fingerprint density at radius 1 is 1.35 bits per heavy atom. The van der Waals surface area contributed by atoms with Crippen LogP contribution < -0.4 is 4.74 Å². The van der Waals surface area contributed by atoms with Gasteiger partial charge in [0.2, 0.25) is 0 Å². The zero-order chi connectivity index (χ0) is 12.1. The molecule has 0 radical (unpaired) electrons. The second kappa shape index (κ2) is 6.10. The van der Waals surface area contributed by atoms with Gasteiger partial charge in [-0.2, -0.15) is 11.8 Å². The molecule has 0 unspecified atom stereocenters. The van der Waals surface area contributed by atoms with Gasteiger partial charge in [0.1, 0.15) is 17.6 Å². The van der Waals surface area contributed by atoms with Crippen molar-refractivity contribution in [2.75, 3.05) is 11.5 Å². The van der Waals surface area contributed by atoms with Crippen LogP contribution in [0.2, 0.25) is 0 Å². The molecule has 0 bridgehead atoms. The van der Waals surface area contributed by atoms with Crippen LogP contribution in [0.3, 0.4) is 0 Å². The third-order valence-corrected chi connectivity index (χ3v) is 3.92. The van der Waals surface area contributed by atoms with Crippen molar-refractivity contribution in [3.63, 3.8) is 0 Å². The van der Waals surface area contributed by atoms with Gasteiger partial charge in [0.05, 0.1) is 0 Å². The van der Waals surface area contributed by atoms with Crippen molar-refractivity contribution in [3.05, 3.63) is 29.8 Å². The highest BCUT2D eigenvalue weighted by molar-refractivity contribution is 7.99. The van der Waals surface area contributed by atoms with Crippen molar-refractivity contribution in [1.29, 1.82) is 0 Å². The second-order valence-electron chi connectivity index (χ2n) is 4.42. The van der Waals surface area contributed by atoms with Crippen LogP contribution >= 0.6 is 11.8 Å². The van der Waals surface area contributed by atoms with Gasteiger partial charge in [-0.3, -0.25) is 4.79 Å². The topological polar surface area (TPSA) is 26.3 Å². The van der Waals surface area contributed by atoms with Gasteiger partial charge in [0.25, 0.3) is 0 Å². The fraction of sp³-hybridized carbons (Fsp3) is 0.500. The lowest BCUT2D eigenvalue weighted by atomic mass is 10.1. The van der Waals surface area contributed by atoms with E-state index in [1.54, 1.807) is 6.92 Å². The Kier molecular flexibility index (Phi) is 4.49. The number of carbonyl (C=O) groups is 1. The first kappa shape index (κ1) is 12.5. The Balaban J connectivity index is 2.05. The monoisotopic (exact) mass is 250 g/mol. The number of carbonyl (C=O) groups excluding carboxylic acids is 1. The summed E-state index contributed by atoms with van der Waals surface area (Å²) in [6, 6.07) is 7.88. The van der Waals surface area contributed by atoms with Crippen molar-refractivity contribution in [2.45, 2.75) is 32.3 Å². The van der Waals surface area contributed by atoms with Crippen LogP contribution in [0, 0.1) is 0 Å². The summed E-state index contributed by atoms with van der Waals surface area (Å²) in [4.78, 5) is 11.2. The third kappa shape index (κ3) is 3.77. The molecule has 17 heavy (non-hydrogen) atoms. The minimum atomic E-state index is 0.181. The molecule has 1 heterocycles. The van der Waals surface area contributed by atoms with Crippen LogP contribution in [-0.2, 0) is 11.2 Å². The van der Waals surface area contributed by atoms with E-state index < -0.39 is 0 Å². The SMILES string of the molecule is CC(=O)Cc1ccccc1OC1CCSCC1. The van der Waals surface area contributed by atoms with Crippen LogP contribution in [0.5, 0.6) is 5.75 Å². The van der Waals surface area contributed by atoms with E-state index >= 15 is 0 Å². The van der Waals surface area contributed by atoms with Gasteiger partial charge in [-0.25, -0.2) is 0 Å². The molecule has 1 aliphatic heterocycles. The van der Waals surface area contributed by atoms with Crippen molar-refractivity contribution in [2.24, 2.45) is 0 Å². The molecule has 2 rings (SSSR count). The zero-order valence-electron chi connectivity index (χ0n) is 10.1. The van der Waals surface area contributed by atoms with E-state index in [9.17, 15) is 4.79 Å². The molecule has 0 aliphatic carbocycles. The first-order chi connectivity index (χ1) is 8.25. The number of hydrogen-bond acceptors (Lipinski definition) is 3. The van der Waals surface area contributed by atoms with Gasteiger partial charge in [0.15, 0.2) is 0 Å². The van der Waals surface area contributed by atoms with E-state index in [2.05, 4.69) is 0 Å². The molecule has 0 spiro atoms. The minimum Gasteiger partial charge on any atom is -0.490 e. The molecule has 1 aromatic carbocycles. The highest BCUT2D eigenvalue weighted by Crippen LogP contribution is 2.25.